The number of aliphatic carboxylic acids is 1. The van der Waals surface area contributed by atoms with Crippen LogP contribution in [0.5, 0.6) is 0 Å². The van der Waals surface area contributed by atoms with E-state index in [0.29, 0.717) is 25.8 Å². The minimum Gasteiger partial charge on any atom is -0.479 e. The topological polar surface area (TPSA) is 148 Å². The number of hydrogen-bond acceptors (Lipinski definition) is 5. The van der Waals surface area contributed by atoms with Crippen LogP contribution in [0.25, 0.3) is 0 Å². The van der Waals surface area contributed by atoms with Crippen molar-refractivity contribution in [3.63, 3.8) is 0 Å². The molecule has 0 unspecified atom stereocenters. The van der Waals surface area contributed by atoms with Crippen molar-refractivity contribution in [2.45, 2.75) is 80.7 Å². The summed E-state index contributed by atoms with van der Waals surface area (Å²) < 4.78 is -0.210. The first kappa shape index (κ1) is 27.6. The molecule has 11 heteroatoms. The molecule has 1 aliphatic heterocycles. The van der Waals surface area contributed by atoms with Gasteiger partial charge in [0.15, 0.2) is 5.54 Å². The number of urea groups is 1. The van der Waals surface area contributed by atoms with E-state index in [4.69, 9.17) is 0 Å². The first-order valence-electron chi connectivity index (χ1n) is 12.6. The number of rotatable bonds is 6. The van der Waals surface area contributed by atoms with Crippen LogP contribution in [0.15, 0.2) is 24.3 Å². The van der Waals surface area contributed by atoms with E-state index in [1.54, 1.807) is 0 Å². The monoisotopic (exact) mass is 626 g/mol. The van der Waals surface area contributed by atoms with Crippen molar-refractivity contribution in [2.24, 2.45) is 11.3 Å². The van der Waals surface area contributed by atoms with E-state index in [9.17, 15) is 29.4 Å². The molecule has 4 amide bonds. The molecule has 1 aromatic carbocycles. The summed E-state index contributed by atoms with van der Waals surface area (Å²) in [5.41, 5.74) is -0.131. The normalized spacial score (nSPS) is 31.3. The van der Waals surface area contributed by atoms with E-state index in [-0.39, 0.29) is 9.84 Å². The largest absolute Gasteiger partial charge is 0.479 e. The molecular formula is C26H35IN4O6. The smallest absolute Gasteiger partial charge is 0.330 e. The minimum atomic E-state index is -1.29. The lowest BCUT2D eigenvalue weighted by atomic mass is 9.86. The van der Waals surface area contributed by atoms with Gasteiger partial charge in [-0.05, 0) is 35.3 Å². The summed E-state index contributed by atoms with van der Waals surface area (Å²) in [5.74, 6) is -1.97. The summed E-state index contributed by atoms with van der Waals surface area (Å²) in [6.45, 7) is 7.73. The number of carbonyl (C=O) groups is 4. The van der Waals surface area contributed by atoms with Crippen LogP contribution in [-0.4, -0.2) is 73.1 Å². The SMILES string of the molecule is C[C@@H]1C[C@@H](C(=O)N[C@]2(C(=O)O)C[C@H]2I)N(C(=O)N[C@H](C(=O)N[C@H]2c3ccccc3C[C@H]2O)C(C)(C)C)C1. The van der Waals surface area contributed by atoms with Gasteiger partial charge in [-0.15, -0.1) is 0 Å². The average Bonchev–Trinajstić information content (AvgIpc) is 3.14. The molecule has 5 N–H and O–H groups in total. The number of likely N-dealkylation sites (tertiary alicyclic amines) is 1. The Labute approximate surface area is 230 Å². The van der Waals surface area contributed by atoms with E-state index in [0.717, 1.165) is 11.1 Å². The Morgan fingerprint density at radius 1 is 1.19 bits per heavy atom. The van der Waals surface area contributed by atoms with Gasteiger partial charge in [0.05, 0.1) is 12.1 Å². The predicted molar refractivity (Wildman–Crippen MR) is 144 cm³/mol. The summed E-state index contributed by atoms with van der Waals surface area (Å²) >= 11 is 2.01. The van der Waals surface area contributed by atoms with Crippen LogP contribution < -0.4 is 16.0 Å². The summed E-state index contributed by atoms with van der Waals surface area (Å²) in [4.78, 5) is 53.1. The molecule has 37 heavy (non-hydrogen) atoms. The van der Waals surface area contributed by atoms with Crippen LogP contribution >= 0.6 is 22.6 Å². The Kier molecular flexibility index (Phi) is 7.50. The third-order valence-electron chi connectivity index (χ3n) is 7.58. The molecule has 1 saturated heterocycles. The Morgan fingerprint density at radius 3 is 2.43 bits per heavy atom. The number of aliphatic hydroxyl groups excluding tert-OH is 1. The minimum absolute atomic E-state index is 0.0314. The van der Waals surface area contributed by atoms with Gasteiger partial charge in [-0.1, -0.05) is 74.6 Å². The number of carboxylic acids is 1. The van der Waals surface area contributed by atoms with Crippen molar-refractivity contribution in [1.29, 1.82) is 0 Å². The second-order valence-electron chi connectivity index (χ2n) is 11.7. The highest BCUT2D eigenvalue weighted by molar-refractivity contribution is 14.1. The number of hydrogen-bond donors (Lipinski definition) is 5. The molecular weight excluding hydrogens is 591 g/mol. The molecule has 1 saturated carbocycles. The quantitative estimate of drug-likeness (QED) is 0.240. The fourth-order valence-electron chi connectivity index (χ4n) is 5.32. The number of benzene rings is 1. The zero-order valence-electron chi connectivity index (χ0n) is 21.5. The van der Waals surface area contributed by atoms with Gasteiger partial charge in [-0.25, -0.2) is 9.59 Å². The second kappa shape index (κ2) is 10.0. The van der Waals surface area contributed by atoms with Crippen LogP contribution in [0.3, 0.4) is 0 Å². The lowest BCUT2D eigenvalue weighted by Gasteiger charge is -2.34. The number of alkyl halides is 1. The maximum Gasteiger partial charge on any atom is 0.330 e. The van der Waals surface area contributed by atoms with Gasteiger partial charge in [0.2, 0.25) is 11.8 Å². The Balaban J connectivity index is 1.47. The highest BCUT2D eigenvalue weighted by Gasteiger charge is 2.61. The number of fused-ring (bicyclic) bond motifs is 1. The summed E-state index contributed by atoms with van der Waals surface area (Å²) in [5, 5.41) is 28.6. The molecule has 2 fully saturated rings. The zero-order valence-corrected chi connectivity index (χ0v) is 23.6. The number of halogens is 1. The van der Waals surface area contributed by atoms with Crippen molar-refractivity contribution < 1.29 is 29.4 Å². The van der Waals surface area contributed by atoms with Crippen molar-refractivity contribution in [1.82, 2.24) is 20.9 Å². The van der Waals surface area contributed by atoms with Gasteiger partial charge in [0.25, 0.3) is 0 Å². The average molecular weight is 626 g/mol. The first-order valence-corrected chi connectivity index (χ1v) is 13.8. The number of amides is 4. The van der Waals surface area contributed by atoms with E-state index in [2.05, 4.69) is 16.0 Å². The zero-order chi connectivity index (χ0) is 27.3. The molecule has 202 valence electrons. The molecule has 10 nitrogen and oxygen atoms in total. The summed E-state index contributed by atoms with van der Waals surface area (Å²) in [6.07, 6.45) is 0.409. The van der Waals surface area contributed by atoms with Gasteiger partial charge in [-0.3, -0.25) is 9.59 Å². The number of nitrogens with one attached hydrogen (secondary N) is 3. The Hall–Kier alpha value is -2.41. The van der Waals surface area contributed by atoms with Crippen LogP contribution in [0.1, 0.15) is 57.7 Å². The molecule has 7 atom stereocenters. The molecule has 0 aromatic heterocycles. The maximum absolute atomic E-state index is 13.4. The van der Waals surface area contributed by atoms with Gasteiger partial charge in [0.1, 0.15) is 12.1 Å². The van der Waals surface area contributed by atoms with E-state index < -0.39 is 59.0 Å². The second-order valence-corrected chi connectivity index (χ2v) is 13.2. The molecule has 0 radical (unpaired) electrons. The number of carboxylic acid groups (broad SMARTS) is 1. The van der Waals surface area contributed by atoms with Crippen LogP contribution in [0.2, 0.25) is 0 Å². The number of carbonyl (C=O) groups excluding carboxylic acids is 3. The molecule has 2 aliphatic carbocycles. The molecule has 1 heterocycles. The van der Waals surface area contributed by atoms with Gasteiger partial charge in [0, 0.05) is 16.9 Å². The molecule has 0 bridgehead atoms. The third kappa shape index (κ3) is 5.43. The Bertz CT molecular complexity index is 1110. The fourth-order valence-corrected chi connectivity index (χ4v) is 6.43. The van der Waals surface area contributed by atoms with E-state index in [1.807, 2.05) is 74.6 Å². The van der Waals surface area contributed by atoms with Crippen molar-refractivity contribution in [3.8, 4) is 0 Å². The van der Waals surface area contributed by atoms with Crippen LogP contribution in [0, 0.1) is 11.3 Å². The van der Waals surface area contributed by atoms with Crippen molar-refractivity contribution in [2.75, 3.05) is 6.54 Å². The van der Waals surface area contributed by atoms with Gasteiger partial charge >= 0.3 is 12.0 Å². The van der Waals surface area contributed by atoms with Crippen molar-refractivity contribution >= 4 is 46.4 Å². The first-order chi connectivity index (χ1) is 17.2. The Morgan fingerprint density at radius 2 is 1.84 bits per heavy atom. The summed E-state index contributed by atoms with van der Waals surface area (Å²) in [6, 6.07) is 4.63. The van der Waals surface area contributed by atoms with Crippen LogP contribution in [0.4, 0.5) is 4.79 Å². The van der Waals surface area contributed by atoms with Crippen LogP contribution in [-0.2, 0) is 20.8 Å². The highest BCUT2D eigenvalue weighted by Crippen LogP contribution is 2.43. The molecule has 4 rings (SSSR count). The molecule has 1 aromatic rings. The summed E-state index contributed by atoms with van der Waals surface area (Å²) in [7, 11) is 0. The molecule has 0 spiro atoms. The fraction of sp³-hybridized carbons (Fsp3) is 0.615. The van der Waals surface area contributed by atoms with Crippen molar-refractivity contribution in [3.05, 3.63) is 35.4 Å². The maximum atomic E-state index is 13.4. The lowest BCUT2D eigenvalue weighted by molar-refractivity contribution is -0.143. The number of aliphatic hydroxyl groups is 1. The third-order valence-corrected chi connectivity index (χ3v) is 9.08. The number of nitrogens with zero attached hydrogens (tertiary/aromatic N) is 1. The predicted octanol–water partition coefficient (Wildman–Crippen LogP) is 1.74. The van der Waals surface area contributed by atoms with E-state index in [1.165, 1.54) is 4.90 Å². The van der Waals surface area contributed by atoms with E-state index >= 15 is 0 Å². The molecule has 3 aliphatic rings. The highest BCUT2D eigenvalue weighted by atomic mass is 127. The lowest BCUT2D eigenvalue weighted by Crippen LogP contribution is -2.60. The van der Waals surface area contributed by atoms with Gasteiger partial charge in [-0.2, -0.15) is 0 Å². The van der Waals surface area contributed by atoms with Gasteiger partial charge < -0.3 is 31.1 Å². The standard InChI is InChI=1S/C26H35IN4O6/c1-13-9-16(21(33)30-26(23(35)36)11-18(26)27)31(12-13)24(37)29-20(25(2,3)4)22(34)28-19-15-8-6-5-7-14(15)10-17(19)32/h5-8,13,16-20,32H,9-12H2,1-4H3,(H,28,34)(H,29,37)(H,30,33)(H,35,36)/t13-,16+,17-,18-,19+,20-,26-/m1/s1.